The molecule has 0 unspecified atom stereocenters. The first-order chi connectivity index (χ1) is 28.8. The molecule has 3 aliphatic heterocycles. The maximum absolute atomic E-state index is 14.7. The number of hydrogen-bond acceptors (Lipinski definition) is 8. The van der Waals surface area contributed by atoms with Crippen LogP contribution in [0.2, 0.25) is 0 Å². The van der Waals surface area contributed by atoms with Crippen molar-refractivity contribution in [1.82, 2.24) is 41.4 Å². The van der Waals surface area contributed by atoms with Gasteiger partial charge in [0, 0.05) is 43.0 Å². The number of aliphatic hydroxyl groups excluding tert-OH is 1. The minimum Gasteiger partial charge on any atom is -0.394 e. The van der Waals surface area contributed by atoms with Crippen molar-refractivity contribution in [3.05, 3.63) is 71.9 Å². The molecule has 3 saturated heterocycles. The van der Waals surface area contributed by atoms with Crippen LogP contribution in [0.25, 0.3) is 10.9 Å². The number of benzene rings is 2. The van der Waals surface area contributed by atoms with Crippen LogP contribution in [0.5, 0.6) is 0 Å². The predicted octanol–water partition coefficient (Wildman–Crippen LogP) is 1.07. The Labute approximate surface area is 350 Å². The van der Waals surface area contributed by atoms with E-state index in [1.54, 1.807) is 51.2 Å². The highest BCUT2D eigenvalue weighted by Gasteiger charge is 2.44. The molecule has 0 spiro atoms. The lowest BCUT2D eigenvalue weighted by atomic mass is 9.97. The topological polar surface area (TPSA) is 222 Å². The van der Waals surface area contributed by atoms with Crippen LogP contribution in [-0.4, -0.2) is 123 Å². The van der Waals surface area contributed by atoms with Crippen molar-refractivity contribution in [2.24, 2.45) is 11.8 Å². The summed E-state index contributed by atoms with van der Waals surface area (Å²) in [6.45, 7) is 6.81. The van der Waals surface area contributed by atoms with Crippen molar-refractivity contribution in [2.75, 3.05) is 19.7 Å². The molecule has 0 bridgehead atoms. The number of hydrogen-bond donors (Lipinski definition) is 7. The molecule has 3 aromatic rings. The van der Waals surface area contributed by atoms with Crippen LogP contribution in [0.1, 0.15) is 70.9 Å². The highest BCUT2D eigenvalue weighted by Crippen LogP contribution is 2.26. The first-order valence-electron chi connectivity index (χ1n) is 21.1. The van der Waals surface area contributed by atoms with Gasteiger partial charge in [-0.1, -0.05) is 82.6 Å². The number of amides is 7. The summed E-state index contributed by atoms with van der Waals surface area (Å²) in [6.07, 6.45) is 4.02. The molecule has 7 N–H and O–H groups in total. The van der Waals surface area contributed by atoms with Gasteiger partial charge >= 0.3 is 0 Å². The Morgan fingerprint density at radius 1 is 0.633 bits per heavy atom. The molecule has 3 aliphatic rings. The Bertz CT molecular complexity index is 2050. The SMILES string of the molecule is CC[C@H](C)[C@@H]1NC(=O)[C@@H]2CCCN2C(=O)[C@H](Cc2c[nH]c3ccccc23)NC(=O)[C@@H]2CCCN2C(=O)[C@H](C(C)C)NC(=O)[C@H](Cc2ccccc2)NC(=O)[C@H](CO)NC1=O. The monoisotopic (exact) mass is 826 g/mol. The molecule has 60 heavy (non-hydrogen) atoms. The van der Waals surface area contributed by atoms with E-state index < -0.39 is 102 Å². The van der Waals surface area contributed by atoms with E-state index in [9.17, 15) is 38.7 Å². The van der Waals surface area contributed by atoms with Crippen molar-refractivity contribution >= 4 is 52.3 Å². The van der Waals surface area contributed by atoms with Crippen molar-refractivity contribution in [3.63, 3.8) is 0 Å². The molecule has 16 nitrogen and oxygen atoms in total. The van der Waals surface area contributed by atoms with Crippen LogP contribution in [0, 0.1) is 11.8 Å². The molecular formula is C44H58N8O8. The van der Waals surface area contributed by atoms with Crippen LogP contribution in [-0.2, 0) is 46.4 Å². The number of aromatic nitrogens is 1. The number of carbonyl (C=O) groups excluding carboxylic acids is 7. The van der Waals surface area contributed by atoms with Crippen LogP contribution in [0.3, 0.4) is 0 Å². The quantitative estimate of drug-likeness (QED) is 0.174. The molecule has 0 radical (unpaired) electrons. The third-order valence-corrected chi connectivity index (χ3v) is 12.1. The summed E-state index contributed by atoms with van der Waals surface area (Å²) in [5.41, 5.74) is 2.33. The lowest BCUT2D eigenvalue weighted by Crippen LogP contribution is -2.61. The Morgan fingerprint density at radius 2 is 1.20 bits per heavy atom. The van der Waals surface area contributed by atoms with Crippen molar-refractivity contribution < 1.29 is 38.7 Å². The van der Waals surface area contributed by atoms with E-state index >= 15 is 0 Å². The number of rotatable bonds is 8. The van der Waals surface area contributed by atoms with Gasteiger partial charge in [0.2, 0.25) is 41.4 Å². The molecular weight excluding hydrogens is 769 g/mol. The largest absolute Gasteiger partial charge is 0.394 e. The number of carbonyl (C=O) groups is 7. The van der Waals surface area contributed by atoms with Gasteiger partial charge in [-0.25, -0.2) is 0 Å². The molecule has 6 rings (SSSR count). The molecule has 3 fully saturated rings. The van der Waals surface area contributed by atoms with Crippen LogP contribution in [0.4, 0.5) is 0 Å². The number of fused-ring (bicyclic) bond motifs is 3. The summed E-state index contributed by atoms with van der Waals surface area (Å²) in [5.74, 6) is -5.18. The number of aromatic amines is 1. The molecule has 4 heterocycles. The van der Waals surface area contributed by atoms with E-state index in [4.69, 9.17) is 0 Å². The third-order valence-electron chi connectivity index (χ3n) is 12.1. The van der Waals surface area contributed by atoms with E-state index in [1.165, 1.54) is 9.80 Å². The van der Waals surface area contributed by atoms with Crippen LogP contribution >= 0.6 is 0 Å². The second-order valence-corrected chi connectivity index (χ2v) is 16.6. The van der Waals surface area contributed by atoms with Gasteiger partial charge in [-0.05, 0) is 54.7 Å². The molecule has 0 saturated carbocycles. The van der Waals surface area contributed by atoms with E-state index in [0.717, 1.165) is 16.5 Å². The normalized spacial score (nSPS) is 27.0. The summed E-state index contributed by atoms with van der Waals surface area (Å²) in [6, 6.07) is 8.53. The number of aliphatic hydroxyl groups is 1. The smallest absolute Gasteiger partial charge is 0.246 e. The van der Waals surface area contributed by atoms with Gasteiger partial charge in [-0.15, -0.1) is 0 Å². The van der Waals surface area contributed by atoms with Gasteiger partial charge in [0.25, 0.3) is 0 Å². The predicted molar refractivity (Wildman–Crippen MR) is 223 cm³/mol. The standard InChI is InChI=1S/C44H58N8O8/c1-5-26(4)37-42(58)48-33(24-53)39(55)46-31(21-27-13-7-6-8-14-27)38(54)49-36(25(2)3)44(60)52-20-12-17-34(52)40(56)47-32(22-28-23-45-30-16-10-9-15-29(28)30)43(59)51-19-11-18-35(51)41(57)50-37/h6-10,13-16,23,25-26,31-37,45,53H,5,11-12,17-22,24H2,1-4H3,(H,46,55)(H,47,56)(H,48,58)(H,49,54)(H,50,57)/t26-,31-,32-,33-,34-,35-,36-,37-/m0/s1. The van der Waals surface area contributed by atoms with Gasteiger partial charge in [0.05, 0.1) is 6.61 Å². The zero-order valence-corrected chi connectivity index (χ0v) is 34.7. The molecule has 16 heteroatoms. The number of para-hydroxylation sites is 1. The minimum atomic E-state index is -1.50. The summed E-state index contributed by atoms with van der Waals surface area (Å²) >= 11 is 0. The highest BCUT2D eigenvalue weighted by molar-refractivity contribution is 5.99. The first kappa shape index (κ1) is 43.8. The third kappa shape index (κ3) is 9.81. The van der Waals surface area contributed by atoms with Crippen LogP contribution in [0.15, 0.2) is 60.8 Å². The Kier molecular flexibility index (Phi) is 14.3. The Balaban J connectivity index is 1.39. The highest BCUT2D eigenvalue weighted by atomic mass is 16.3. The fraction of sp³-hybridized carbons (Fsp3) is 0.523. The number of H-pyrrole nitrogens is 1. The first-order valence-corrected chi connectivity index (χ1v) is 21.1. The molecule has 8 atom stereocenters. The van der Waals surface area contributed by atoms with Gasteiger partial charge in [0.1, 0.15) is 42.3 Å². The molecule has 322 valence electrons. The second kappa shape index (κ2) is 19.5. The Hall–Kier alpha value is -5.77. The van der Waals surface area contributed by atoms with Gasteiger partial charge in [-0.3, -0.25) is 33.6 Å². The zero-order chi connectivity index (χ0) is 43.1. The number of nitrogens with one attached hydrogen (secondary N) is 6. The second-order valence-electron chi connectivity index (χ2n) is 16.6. The van der Waals surface area contributed by atoms with Crippen molar-refractivity contribution in [1.29, 1.82) is 0 Å². The maximum atomic E-state index is 14.7. The molecule has 2 aromatic carbocycles. The molecule has 0 aliphatic carbocycles. The fourth-order valence-electron chi connectivity index (χ4n) is 8.48. The average Bonchev–Trinajstić information content (AvgIpc) is 4.03. The van der Waals surface area contributed by atoms with Crippen LogP contribution < -0.4 is 26.6 Å². The zero-order valence-electron chi connectivity index (χ0n) is 34.7. The molecule has 1 aromatic heterocycles. The average molecular weight is 827 g/mol. The van der Waals surface area contributed by atoms with E-state index in [2.05, 4.69) is 31.6 Å². The lowest BCUT2D eigenvalue weighted by Gasteiger charge is -2.33. The fourth-order valence-corrected chi connectivity index (χ4v) is 8.48. The van der Waals surface area contributed by atoms with Gasteiger partial charge in [-0.2, -0.15) is 0 Å². The van der Waals surface area contributed by atoms with Crippen molar-refractivity contribution in [2.45, 2.75) is 115 Å². The summed E-state index contributed by atoms with van der Waals surface area (Å²) < 4.78 is 0. The number of nitrogens with zero attached hydrogens (tertiary/aromatic N) is 2. The summed E-state index contributed by atoms with van der Waals surface area (Å²) in [5, 5.41) is 25.2. The minimum absolute atomic E-state index is 0.0214. The van der Waals surface area contributed by atoms with E-state index in [0.29, 0.717) is 37.7 Å². The van der Waals surface area contributed by atoms with Gasteiger partial charge < -0.3 is 46.5 Å². The molecule has 7 amide bonds. The van der Waals surface area contributed by atoms with E-state index in [1.807, 2.05) is 37.3 Å². The summed E-state index contributed by atoms with van der Waals surface area (Å²) in [4.78, 5) is 106. The Morgan fingerprint density at radius 3 is 1.85 bits per heavy atom. The summed E-state index contributed by atoms with van der Waals surface area (Å²) in [7, 11) is 0. The van der Waals surface area contributed by atoms with Crippen molar-refractivity contribution in [3.8, 4) is 0 Å². The maximum Gasteiger partial charge on any atom is 0.246 e. The van der Waals surface area contributed by atoms with Gasteiger partial charge in [0.15, 0.2) is 0 Å². The van der Waals surface area contributed by atoms with E-state index in [-0.39, 0.29) is 25.9 Å². The lowest BCUT2D eigenvalue weighted by molar-refractivity contribution is -0.145.